The van der Waals surface area contributed by atoms with Crippen molar-refractivity contribution in [3.8, 4) is 0 Å². The van der Waals surface area contributed by atoms with E-state index in [2.05, 4.69) is 64.2 Å². The molecule has 3 aromatic rings. The monoisotopic (exact) mass is 388 g/mol. The summed E-state index contributed by atoms with van der Waals surface area (Å²) >= 11 is 0. The molecule has 0 unspecified atom stereocenters. The van der Waals surface area contributed by atoms with Gasteiger partial charge in [-0.05, 0) is 35.6 Å². The van der Waals surface area contributed by atoms with E-state index in [0.717, 1.165) is 30.9 Å². The van der Waals surface area contributed by atoms with Crippen molar-refractivity contribution < 1.29 is 0 Å². The molecule has 0 amide bonds. The summed E-state index contributed by atoms with van der Waals surface area (Å²) < 4.78 is 1.70. The van der Waals surface area contributed by atoms with E-state index in [-0.39, 0.29) is 5.56 Å². The van der Waals surface area contributed by atoms with E-state index in [1.54, 1.807) is 23.7 Å². The van der Waals surface area contributed by atoms with Gasteiger partial charge in [-0.15, -0.1) is 0 Å². The summed E-state index contributed by atoms with van der Waals surface area (Å²) in [5, 5.41) is 6.71. The van der Waals surface area contributed by atoms with Gasteiger partial charge >= 0.3 is 0 Å². The van der Waals surface area contributed by atoms with Gasteiger partial charge in [0.05, 0.1) is 6.54 Å². The first-order chi connectivity index (χ1) is 14.2. The van der Waals surface area contributed by atoms with E-state index >= 15 is 0 Å². The fraction of sp³-hybridized carbons (Fsp3) is 0.250. The Morgan fingerprint density at radius 2 is 1.59 bits per heavy atom. The Balaban J connectivity index is 1.42. The van der Waals surface area contributed by atoms with E-state index in [1.165, 1.54) is 11.1 Å². The summed E-state index contributed by atoms with van der Waals surface area (Å²) in [4.78, 5) is 16.1. The third-order valence-corrected chi connectivity index (χ3v) is 4.74. The normalized spacial score (nSPS) is 11.3. The number of nitrogens with zero attached hydrogens (tertiary/aromatic N) is 2. The zero-order valence-electron chi connectivity index (χ0n) is 16.8. The molecule has 5 heteroatoms. The Labute approximate surface area is 172 Å². The van der Waals surface area contributed by atoms with Crippen molar-refractivity contribution in [2.75, 3.05) is 13.6 Å². The number of pyridine rings is 1. The van der Waals surface area contributed by atoms with E-state index < -0.39 is 0 Å². The molecule has 3 rings (SSSR count). The van der Waals surface area contributed by atoms with Gasteiger partial charge in [-0.3, -0.25) is 9.79 Å². The second-order valence-electron chi connectivity index (χ2n) is 6.92. The molecule has 0 radical (unpaired) electrons. The molecular weight excluding hydrogens is 360 g/mol. The third kappa shape index (κ3) is 6.64. The van der Waals surface area contributed by atoms with Crippen LogP contribution < -0.4 is 16.2 Å². The first-order valence-corrected chi connectivity index (χ1v) is 9.96. The largest absolute Gasteiger partial charge is 0.356 e. The highest BCUT2D eigenvalue weighted by atomic mass is 16.1. The van der Waals surface area contributed by atoms with E-state index in [1.807, 2.05) is 18.3 Å². The van der Waals surface area contributed by atoms with Crippen molar-refractivity contribution in [3.63, 3.8) is 0 Å². The number of hydrogen-bond acceptors (Lipinski definition) is 2. The molecule has 0 bridgehead atoms. The number of rotatable bonds is 8. The molecule has 0 fully saturated rings. The number of aryl methyl sites for hydroxylation is 1. The standard InChI is InChI=1S/C24H28N4O/c1-25-24(26-16-7-10-20-8-3-2-4-9-20)27-18-21-12-14-22(15-13-21)19-28-17-6-5-11-23(28)29/h2-6,8-9,11-15,17H,7,10,16,18-19H2,1H3,(H2,25,26,27). The van der Waals surface area contributed by atoms with Crippen LogP contribution in [0.1, 0.15) is 23.1 Å². The highest BCUT2D eigenvalue weighted by Crippen LogP contribution is 2.06. The molecule has 0 saturated carbocycles. The zero-order valence-corrected chi connectivity index (χ0v) is 16.8. The van der Waals surface area contributed by atoms with Crippen molar-refractivity contribution in [1.82, 2.24) is 15.2 Å². The summed E-state index contributed by atoms with van der Waals surface area (Å²) in [6.45, 7) is 2.15. The number of nitrogens with one attached hydrogen (secondary N) is 2. The Bertz CT molecular complexity index is 962. The second-order valence-corrected chi connectivity index (χ2v) is 6.92. The van der Waals surface area contributed by atoms with Crippen molar-refractivity contribution in [1.29, 1.82) is 0 Å². The molecule has 0 spiro atoms. The topological polar surface area (TPSA) is 58.4 Å². The van der Waals surface area contributed by atoms with Crippen molar-refractivity contribution >= 4 is 5.96 Å². The number of aromatic nitrogens is 1. The van der Waals surface area contributed by atoms with Crippen LogP contribution in [0.5, 0.6) is 0 Å². The summed E-state index contributed by atoms with van der Waals surface area (Å²) in [7, 11) is 1.78. The van der Waals surface area contributed by atoms with E-state index in [4.69, 9.17) is 0 Å². The number of aliphatic imine (C=N–C) groups is 1. The van der Waals surface area contributed by atoms with E-state index in [0.29, 0.717) is 13.1 Å². The molecule has 150 valence electrons. The van der Waals surface area contributed by atoms with Crippen LogP contribution in [0.4, 0.5) is 0 Å². The summed E-state index contributed by atoms with van der Waals surface area (Å²) in [5.41, 5.74) is 3.64. The number of hydrogen-bond donors (Lipinski definition) is 2. The lowest BCUT2D eigenvalue weighted by atomic mass is 10.1. The lowest BCUT2D eigenvalue weighted by Gasteiger charge is -2.12. The smallest absolute Gasteiger partial charge is 0.250 e. The quantitative estimate of drug-likeness (QED) is 0.354. The molecule has 1 aromatic heterocycles. The maximum atomic E-state index is 11.8. The minimum atomic E-state index is 0.0142. The van der Waals surface area contributed by atoms with Crippen LogP contribution in [0.25, 0.3) is 0 Å². The number of guanidine groups is 1. The molecule has 29 heavy (non-hydrogen) atoms. The van der Waals surface area contributed by atoms with Gasteiger partial charge in [-0.1, -0.05) is 60.7 Å². The summed E-state index contributed by atoms with van der Waals surface area (Å²) in [6, 6.07) is 24.0. The highest BCUT2D eigenvalue weighted by Gasteiger charge is 2.01. The van der Waals surface area contributed by atoms with Gasteiger partial charge in [-0.25, -0.2) is 0 Å². The molecular formula is C24H28N4O. The van der Waals surface area contributed by atoms with E-state index in [9.17, 15) is 4.79 Å². The maximum Gasteiger partial charge on any atom is 0.250 e. The minimum absolute atomic E-state index is 0.0142. The Kier molecular flexibility index (Phi) is 7.63. The molecule has 2 N–H and O–H groups in total. The van der Waals surface area contributed by atoms with Gasteiger partial charge in [0.2, 0.25) is 0 Å². The number of benzene rings is 2. The third-order valence-electron chi connectivity index (χ3n) is 4.74. The fourth-order valence-corrected chi connectivity index (χ4v) is 3.10. The molecule has 1 heterocycles. The second kappa shape index (κ2) is 10.9. The van der Waals surface area contributed by atoms with Crippen LogP contribution in [0, 0.1) is 0 Å². The van der Waals surface area contributed by atoms with Crippen LogP contribution in [0.15, 0.2) is 88.8 Å². The van der Waals surface area contributed by atoms with Crippen LogP contribution in [0.3, 0.4) is 0 Å². The Hall–Kier alpha value is -3.34. The average Bonchev–Trinajstić information content (AvgIpc) is 2.76. The molecule has 0 aliphatic carbocycles. The van der Waals surface area contributed by atoms with Gasteiger partial charge in [0.15, 0.2) is 5.96 Å². The maximum absolute atomic E-state index is 11.8. The van der Waals surface area contributed by atoms with Gasteiger partial charge in [-0.2, -0.15) is 0 Å². The van der Waals surface area contributed by atoms with Crippen molar-refractivity contribution in [2.24, 2.45) is 4.99 Å². The summed E-state index contributed by atoms with van der Waals surface area (Å²) in [6.07, 6.45) is 3.92. The lowest BCUT2D eigenvalue weighted by molar-refractivity contribution is 0.741. The minimum Gasteiger partial charge on any atom is -0.356 e. The first-order valence-electron chi connectivity index (χ1n) is 9.96. The molecule has 5 nitrogen and oxygen atoms in total. The zero-order chi connectivity index (χ0) is 20.3. The highest BCUT2D eigenvalue weighted by molar-refractivity contribution is 5.79. The van der Waals surface area contributed by atoms with Crippen LogP contribution in [-0.2, 0) is 19.5 Å². The van der Waals surface area contributed by atoms with Crippen LogP contribution in [-0.4, -0.2) is 24.1 Å². The fourth-order valence-electron chi connectivity index (χ4n) is 3.10. The Morgan fingerprint density at radius 1 is 0.862 bits per heavy atom. The van der Waals surface area contributed by atoms with Gasteiger partial charge in [0, 0.05) is 32.4 Å². The lowest BCUT2D eigenvalue weighted by Crippen LogP contribution is -2.37. The first kappa shape index (κ1) is 20.4. The van der Waals surface area contributed by atoms with Crippen LogP contribution >= 0.6 is 0 Å². The predicted octanol–water partition coefficient (Wildman–Crippen LogP) is 3.19. The molecule has 0 aliphatic rings. The van der Waals surface area contributed by atoms with Gasteiger partial charge in [0.25, 0.3) is 5.56 Å². The SMILES string of the molecule is CN=C(NCCCc1ccccc1)NCc1ccc(Cn2ccccc2=O)cc1. The molecule has 0 atom stereocenters. The predicted molar refractivity (Wildman–Crippen MR) is 119 cm³/mol. The molecule has 2 aromatic carbocycles. The van der Waals surface area contributed by atoms with Crippen molar-refractivity contribution in [2.45, 2.75) is 25.9 Å². The van der Waals surface area contributed by atoms with Gasteiger partial charge < -0.3 is 15.2 Å². The molecule has 0 saturated heterocycles. The average molecular weight is 389 g/mol. The molecule has 0 aliphatic heterocycles. The van der Waals surface area contributed by atoms with Gasteiger partial charge in [0.1, 0.15) is 0 Å². The van der Waals surface area contributed by atoms with Crippen LogP contribution in [0.2, 0.25) is 0 Å². The Morgan fingerprint density at radius 3 is 2.31 bits per heavy atom. The summed E-state index contributed by atoms with van der Waals surface area (Å²) in [5.74, 6) is 0.804. The van der Waals surface area contributed by atoms with Crippen molar-refractivity contribution in [3.05, 3.63) is 106 Å².